The Morgan fingerprint density at radius 1 is 1.23 bits per heavy atom. The summed E-state index contributed by atoms with van der Waals surface area (Å²) in [5.74, 6) is 0.0318. The molecule has 6 heteroatoms. The zero-order valence-electron chi connectivity index (χ0n) is 13.5. The highest BCUT2D eigenvalue weighted by Gasteiger charge is 2.27. The average molecular weight is 324 g/mol. The molecule has 2 rings (SSSR count). The second-order valence-corrected chi connectivity index (χ2v) is 7.63. The van der Waals surface area contributed by atoms with Gasteiger partial charge >= 0.3 is 0 Å². The maximum Gasteiger partial charge on any atom is 0.253 e. The predicted octanol–water partition coefficient (Wildman–Crippen LogP) is 2.27. The van der Waals surface area contributed by atoms with Crippen LogP contribution in [0.15, 0.2) is 18.2 Å². The lowest BCUT2D eigenvalue weighted by molar-refractivity contribution is 0.0755. The summed E-state index contributed by atoms with van der Waals surface area (Å²) in [4.78, 5) is 14.5. The molecule has 0 saturated carbocycles. The van der Waals surface area contributed by atoms with Crippen LogP contribution in [0.4, 0.5) is 5.69 Å². The topological polar surface area (TPSA) is 57.7 Å². The summed E-state index contributed by atoms with van der Waals surface area (Å²) in [6.07, 6.45) is 3.73. The lowest BCUT2D eigenvalue weighted by atomic mass is 10.1. The average Bonchev–Trinajstić information content (AvgIpc) is 2.89. The highest BCUT2D eigenvalue weighted by Crippen LogP contribution is 2.31. The minimum atomic E-state index is -3.24. The first-order chi connectivity index (χ1) is 10.4. The van der Waals surface area contributed by atoms with Crippen LogP contribution in [-0.4, -0.2) is 45.1 Å². The number of carbonyl (C=O) groups is 1. The second kappa shape index (κ2) is 6.69. The number of sulfonamides is 1. The van der Waals surface area contributed by atoms with Crippen LogP contribution in [0.2, 0.25) is 0 Å². The third kappa shape index (κ3) is 3.43. The number of nitrogens with zero attached hydrogens (tertiary/aromatic N) is 2. The fraction of sp³-hybridized carbons (Fsp3) is 0.562. The van der Waals surface area contributed by atoms with Crippen molar-refractivity contribution in [2.75, 3.05) is 30.2 Å². The van der Waals surface area contributed by atoms with Crippen molar-refractivity contribution in [2.24, 2.45) is 0 Å². The van der Waals surface area contributed by atoms with Crippen molar-refractivity contribution in [3.05, 3.63) is 29.3 Å². The Labute approximate surface area is 133 Å². The molecule has 0 fully saturated rings. The largest absolute Gasteiger partial charge is 0.339 e. The Balaban J connectivity index is 2.27. The van der Waals surface area contributed by atoms with Gasteiger partial charge in [0.05, 0.1) is 11.9 Å². The van der Waals surface area contributed by atoms with Crippen molar-refractivity contribution in [3.8, 4) is 0 Å². The Morgan fingerprint density at radius 3 is 2.41 bits per heavy atom. The van der Waals surface area contributed by atoms with Gasteiger partial charge in [0.2, 0.25) is 10.0 Å². The minimum absolute atomic E-state index is 0.0318. The molecule has 0 unspecified atom stereocenters. The van der Waals surface area contributed by atoms with Gasteiger partial charge in [0.25, 0.3) is 5.91 Å². The van der Waals surface area contributed by atoms with E-state index in [0.717, 1.165) is 31.5 Å². The molecule has 0 atom stereocenters. The second-order valence-electron chi connectivity index (χ2n) is 5.72. The first kappa shape index (κ1) is 16.8. The van der Waals surface area contributed by atoms with E-state index in [1.807, 2.05) is 11.0 Å². The van der Waals surface area contributed by atoms with E-state index < -0.39 is 10.0 Å². The van der Waals surface area contributed by atoms with Gasteiger partial charge in [0.15, 0.2) is 0 Å². The summed E-state index contributed by atoms with van der Waals surface area (Å²) >= 11 is 0. The molecule has 0 aromatic heterocycles. The van der Waals surface area contributed by atoms with E-state index >= 15 is 0 Å². The third-order valence-corrected chi connectivity index (χ3v) is 5.03. The lowest BCUT2D eigenvalue weighted by Crippen LogP contribution is -2.32. The maximum atomic E-state index is 12.6. The zero-order chi connectivity index (χ0) is 16.3. The van der Waals surface area contributed by atoms with E-state index in [0.29, 0.717) is 24.2 Å². The minimum Gasteiger partial charge on any atom is -0.339 e. The Bertz CT molecular complexity index is 649. The standard InChI is InChI=1S/C16H24N2O3S/c1-4-9-17(10-5-2)16(19)14-6-7-15-13(12-14)8-11-18(15)22(3,20)21/h6-7,12H,4-5,8-11H2,1-3H3. The number of carbonyl (C=O) groups excluding carboxylic acids is 1. The summed E-state index contributed by atoms with van der Waals surface area (Å²) in [7, 11) is -3.24. The van der Waals surface area contributed by atoms with E-state index in [9.17, 15) is 13.2 Å². The van der Waals surface area contributed by atoms with E-state index in [1.54, 1.807) is 12.1 Å². The summed E-state index contributed by atoms with van der Waals surface area (Å²) in [6.45, 7) is 6.07. The van der Waals surface area contributed by atoms with Gasteiger partial charge in [-0.05, 0) is 43.0 Å². The maximum absolute atomic E-state index is 12.6. The fourth-order valence-corrected chi connectivity index (χ4v) is 3.84. The number of hydrogen-bond acceptors (Lipinski definition) is 3. The molecule has 0 aliphatic carbocycles. The van der Waals surface area contributed by atoms with Gasteiger partial charge in [-0.15, -0.1) is 0 Å². The van der Waals surface area contributed by atoms with Crippen molar-refractivity contribution in [2.45, 2.75) is 33.1 Å². The van der Waals surface area contributed by atoms with E-state index in [2.05, 4.69) is 13.8 Å². The van der Waals surface area contributed by atoms with Crippen LogP contribution in [-0.2, 0) is 16.4 Å². The van der Waals surface area contributed by atoms with Crippen LogP contribution in [0.5, 0.6) is 0 Å². The van der Waals surface area contributed by atoms with Crippen LogP contribution in [0.3, 0.4) is 0 Å². The summed E-state index contributed by atoms with van der Waals surface area (Å²) in [6, 6.07) is 5.34. The summed E-state index contributed by atoms with van der Waals surface area (Å²) in [5, 5.41) is 0. The smallest absolute Gasteiger partial charge is 0.253 e. The molecule has 1 aliphatic rings. The Morgan fingerprint density at radius 2 is 1.86 bits per heavy atom. The number of hydrogen-bond donors (Lipinski definition) is 0. The molecular formula is C16H24N2O3S. The van der Waals surface area contributed by atoms with Crippen molar-refractivity contribution in [1.82, 2.24) is 4.90 Å². The molecule has 0 N–H and O–H groups in total. The number of benzene rings is 1. The SMILES string of the molecule is CCCN(CCC)C(=O)c1ccc2c(c1)CCN2S(C)(=O)=O. The molecule has 1 aliphatic heterocycles. The highest BCUT2D eigenvalue weighted by atomic mass is 32.2. The summed E-state index contributed by atoms with van der Waals surface area (Å²) in [5.41, 5.74) is 2.29. The van der Waals surface area contributed by atoms with Gasteiger partial charge in [-0.3, -0.25) is 9.10 Å². The number of fused-ring (bicyclic) bond motifs is 1. The van der Waals surface area contributed by atoms with E-state index in [-0.39, 0.29) is 5.91 Å². The fourth-order valence-electron chi connectivity index (χ4n) is 2.89. The van der Waals surface area contributed by atoms with Gasteiger partial charge in [0, 0.05) is 25.2 Å². The number of rotatable bonds is 6. The number of amides is 1. The summed E-state index contributed by atoms with van der Waals surface area (Å²) < 4.78 is 24.9. The van der Waals surface area contributed by atoms with Crippen molar-refractivity contribution < 1.29 is 13.2 Å². The zero-order valence-corrected chi connectivity index (χ0v) is 14.3. The molecule has 22 heavy (non-hydrogen) atoms. The van der Waals surface area contributed by atoms with Crippen LogP contribution in [0.25, 0.3) is 0 Å². The van der Waals surface area contributed by atoms with Crippen LogP contribution in [0, 0.1) is 0 Å². The highest BCUT2D eigenvalue weighted by molar-refractivity contribution is 7.92. The van der Waals surface area contributed by atoms with Gasteiger partial charge in [-0.1, -0.05) is 13.8 Å². The van der Waals surface area contributed by atoms with Crippen LogP contribution in [0.1, 0.15) is 42.6 Å². The monoisotopic (exact) mass is 324 g/mol. The van der Waals surface area contributed by atoms with Crippen molar-refractivity contribution in [3.63, 3.8) is 0 Å². The molecule has 0 spiro atoms. The van der Waals surface area contributed by atoms with Crippen LogP contribution >= 0.6 is 0 Å². The van der Waals surface area contributed by atoms with E-state index in [4.69, 9.17) is 0 Å². The first-order valence-electron chi connectivity index (χ1n) is 7.78. The third-order valence-electron chi connectivity index (χ3n) is 3.85. The molecule has 0 bridgehead atoms. The number of anilines is 1. The lowest BCUT2D eigenvalue weighted by Gasteiger charge is -2.22. The van der Waals surface area contributed by atoms with E-state index in [1.165, 1.54) is 10.6 Å². The van der Waals surface area contributed by atoms with Gasteiger partial charge in [-0.25, -0.2) is 8.42 Å². The molecule has 5 nitrogen and oxygen atoms in total. The van der Waals surface area contributed by atoms with Crippen molar-refractivity contribution >= 4 is 21.6 Å². The first-order valence-corrected chi connectivity index (χ1v) is 9.63. The molecule has 122 valence electrons. The molecule has 0 radical (unpaired) electrons. The predicted molar refractivity (Wildman–Crippen MR) is 88.8 cm³/mol. The Hall–Kier alpha value is -1.56. The normalized spacial score (nSPS) is 14.0. The van der Waals surface area contributed by atoms with Crippen molar-refractivity contribution in [1.29, 1.82) is 0 Å². The molecule has 0 saturated heterocycles. The van der Waals surface area contributed by atoms with Crippen LogP contribution < -0.4 is 4.31 Å². The quantitative estimate of drug-likeness (QED) is 0.806. The van der Waals surface area contributed by atoms with Gasteiger partial charge < -0.3 is 4.90 Å². The molecule has 1 heterocycles. The molecule has 1 aromatic carbocycles. The van der Waals surface area contributed by atoms with Gasteiger partial charge in [-0.2, -0.15) is 0 Å². The molecular weight excluding hydrogens is 300 g/mol. The Kier molecular flexibility index (Phi) is 5.11. The molecule has 1 amide bonds. The molecule has 1 aromatic rings. The van der Waals surface area contributed by atoms with Gasteiger partial charge in [0.1, 0.15) is 0 Å².